The summed E-state index contributed by atoms with van der Waals surface area (Å²) in [6.45, 7) is 8.75. The Bertz CT molecular complexity index is 467. The van der Waals surface area contributed by atoms with Crippen LogP contribution in [0.25, 0.3) is 0 Å². The topological polar surface area (TPSA) is 42.4 Å². The van der Waals surface area contributed by atoms with Crippen molar-refractivity contribution in [3.8, 4) is 0 Å². The molecule has 1 saturated heterocycles. The largest absolute Gasteiger partial charge is 0.376 e. The molecule has 1 aliphatic rings. The summed E-state index contributed by atoms with van der Waals surface area (Å²) in [6.07, 6.45) is 5.50. The number of ether oxygens (including phenoxy) is 1. The zero-order valence-corrected chi connectivity index (χ0v) is 14.8. The van der Waals surface area contributed by atoms with Crippen LogP contribution in [0, 0.1) is 5.92 Å². The van der Waals surface area contributed by atoms with Gasteiger partial charge in [-0.25, -0.2) is 4.98 Å². The van der Waals surface area contributed by atoms with E-state index < -0.39 is 0 Å². The molecule has 1 aromatic heterocycles. The van der Waals surface area contributed by atoms with Crippen molar-refractivity contribution >= 4 is 17.2 Å². The highest BCUT2D eigenvalue weighted by atomic mass is 32.1. The fraction of sp³-hybridized carbons (Fsp3) is 0.765. The van der Waals surface area contributed by atoms with Crippen LogP contribution in [0.15, 0.2) is 5.38 Å². The lowest BCUT2D eigenvalue weighted by molar-refractivity contribution is -0.00394. The molecular weight excluding hydrogens is 296 g/mol. The van der Waals surface area contributed by atoms with Gasteiger partial charge in [0.25, 0.3) is 5.91 Å². The monoisotopic (exact) mass is 324 g/mol. The average molecular weight is 324 g/mol. The number of rotatable bonds is 7. The summed E-state index contributed by atoms with van der Waals surface area (Å²) in [4.78, 5) is 19.2. The molecule has 0 N–H and O–H groups in total. The third-order valence-electron chi connectivity index (χ3n) is 3.83. The summed E-state index contributed by atoms with van der Waals surface area (Å²) in [7, 11) is 0. The summed E-state index contributed by atoms with van der Waals surface area (Å²) < 4.78 is 5.79. The van der Waals surface area contributed by atoms with Crippen LogP contribution in [0.2, 0.25) is 0 Å². The minimum atomic E-state index is 0.0577. The molecule has 22 heavy (non-hydrogen) atoms. The smallest absolute Gasteiger partial charge is 0.273 e. The molecule has 1 aromatic rings. The Hall–Kier alpha value is -0.940. The van der Waals surface area contributed by atoms with Crippen LogP contribution in [0.1, 0.15) is 62.0 Å². The average Bonchev–Trinajstić information content (AvgIpc) is 2.95. The van der Waals surface area contributed by atoms with E-state index in [1.807, 2.05) is 10.3 Å². The van der Waals surface area contributed by atoms with Crippen molar-refractivity contribution in [1.29, 1.82) is 0 Å². The van der Waals surface area contributed by atoms with Crippen molar-refractivity contribution in [2.45, 2.75) is 59.0 Å². The van der Waals surface area contributed by atoms with Crippen LogP contribution in [0.3, 0.4) is 0 Å². The summed E-state index contributed by atoms with van der Waals surface area (Å²) >= 11 is 1.60. The lowest BCUT2D eigenvalue weighted by Crippen LogP contribution is -2.40. The Balaban J connectivity index is 1.99. The standard InChI is InChI=1S/C17H28N2O2S/c1-4-8-19(11-14-7-5-6-9-21-14)17(20)15-12-22-16(18-15)10-13(2)3/h12-14H,4-11H2,1-3H3. The highest BCUT2D eigenvalue weighted by molar-refractivity contribution is 7.09. The molecule has 5 heteroatoms. The second-order valence-electron chi connectivity index (χ2n) is 6.46. The molecule has 0 spiro atoms. The molecule has 2 rings (SSSR count). The Kier molecular flexibility index (Phi) is 6.83. The van der Waals surface area contributed by atoms with Gasteiger partial charge in [-0.2, -0.15) is 0 Å². The van der Waals surface area contributed by atoms with Gasteiger partial charge in [0.05, 0.1) is 11.1 Å². The molecular formula is C17H28N2O2S. The minimum Gasteiger partial charge on any atom is -0.376 e. The second-order valence-corrected chi connectivity index (χ2v) is 7.41. The van der Waals surface area contributed by atoms with Gasteiger partial charge in [-0.3, -0.25) is 4.79 Å². The van der Waals surface area contributed by atoms with Gasteiger partial charge in [0.15, 0.2) is 0 Å². The van der Waals surface area contributed by atoms with E-state index in [4.69, 9.17) is 4.74 Å². The van der Waals surface area contributed by atoms with E-state index in [1.54, 1.807) is 11.3 Å². The summed E-state index contributed by atoms with van der Waals surface area (Å²) in [5.74, 6) is 0.624. The van der Waals surface area contributed by atoms with E-state index in [2.05, 4.69) is 25.8 Å². The number of hydrogen-bond donors (Lipinski definition) is 0. The zero-order valence-electron chi connectivity index (χ0n) is 14.0. The van der Waals surface area contributed by atoms with E-state index in [0.29, 0.717) is 18.2 Å². The van der Waals surface area contributed by atoms with E-state index >= 15 is 0 Å². The van der Waals surface area contributed by atoms with Gasteiger partial charge in [0, 0.05) is 31.5 Å². The molecule has 124 valence electrons. The highest BCUT2D eigenvalue weighted by Gasteiger charge is 2.23. The van der Waals surface area contributed by atoms with Crippen LogP contribution in [0.5, 0.6) is 0 Å². The first-order valence-corrected chi connectivity index (χ1v) is 9.33. The van der Waals surface area contributed by atoms with E-state index in [1.165, 1.54) is 6.42 Å². The van der Waals surface area contributed by atoms with Gasteiger partial charge in [-0.1, -0.05) is 20.8 Å². The summed E-state index contributed by atoms with van der Waals surface area (Å²) in [5, 5.41) is 2.97. The van der Waals surface area contributed by atoms with Crippen molar-refractivity contribution < 1.29 is 9.53 Å². The van der Waals surface area contributed by atoms with Gasteiger partial charge in [0.2, 0.25) is 0 Å². The lowest BCUT2D eigenvalue weighted by Gasteiger charge is -2.29. The first-order chi connectivity index (χ1) is 10.6. The summed E-state index contributed by atoms with van der Waals surface area (Å²) in [6, 6.07) is 0. The van der Waals surface area contributed by atoms with Gasteiger partial charge in [-0.15, -0.1) is 11.3 Å². The molecule has 0 radical (unpaired) electrons. The van der Waals surface area contributed by atoms with Crippen LogP contribution in [0.4, 0.5) is 0 Å². The lowest BCUT2D eigenvalue weighted by atomic mass is 10.1. The molecule has 0 bridgehead atoms. The van der Waals surface area contributed by atoms with E-state index in [0.717, 1.165) is 43.8 Å². The number of hydrogen-bond acceptors (Lipinski definition) is 4. The normalized spacial score (nSPS) is 18.6. The minimum absolute atomic E-state index is 0.0577. The predicted octanol–water partition coefficient (Wildman–Crippen LogP) is 3.76. The Morgan fingerprint density at radius 3 is 2.95 bits per heavy atom. The molecule has 0 saturated carbocycles. The number of thiazole rings is 1. The van der Waals surface area contributed by atoms with Crippen molar-refractivity contribution in [3.63, 3.8) is 0 Å². The van der Waals surface area contributed by atoms with Gasteiger partial charge >= 0.3 is 0 Å². The SMILES string of the molecule is CCCN(CC1CCCCO1)C(=O)c1csc(CC(C)C)n1. The van der Waals surface area contributed by atoms with Crippen LogP contribution >= 0.6 is 11.3 Å². The third-order valence-corrected chi connectivity index (χ3v) is 4.70. The maximum atomic E-state index is 12.7. The zero-order chi connectivity index (χ0) is 15.9. The number of amides is 1. The molecule has 1 atom stereocenters. The van der Waals surface area contributed by atoms with Crippen LogP contribution in [-0.4, -0.2) is 41.6 Å². The van der Waals surface area contributed by atoms with Crippen molar-refractivity contribution in [2.75, 3.05) is 19.7 Å². The fourth-order valence-electron chi connectivity index (χ4n) is 2.76. The van der Waals surface area contributed by atoms with Gasteiger partial charge in [-0.05, 0) is 31.6 Å². The number of aromatic nitrogens is 1. The van der Waals surface area contributed by atoms with Crippen molar-refractivity contribution in [1.82, 2.24) is 9.88 Å². The maximum Gasteiger partial charge on any atom is 0.273 e. The maximum absolute atomic E-state index is 12.7. The second kappa shape index (κ2) is 8.63. The predicted molar refractivity (Wildman–Crippen MR) is 90.4 cm³/mol. The number of carbonyl (C=O) groups excluding carboxylic acids is 1. The summed E-state index contributed by atoms with van der Waals surface area (Å²) in [5.41, 5.74) is 0.602. The first-order valence-electron chi connectivity index (χ1n) is 8.45. The quantitative estimate of drug-likeness (QED) is 0.767. The molecule has 2 heterocycles. The number of carbonyl (C=O) groups is 1. The Morgan fingerprint density at radius 1 is 1.50 bits per heavy atom. The fourth-order valence-corrected chi connectivity index (χ4v) is 3.74. The molecule has 1 unspecified atom stereocenters. The molecule has 1 aliphatic heterocycles. The first kappa shape index (κ1) is 17.4. The molecule has 4 nitrogen and oxygen atoms in total. The Morgan fingerprint density at radius 2 is 2.32 bits per heavy atom. The van der Waals surface area contributed by atoms with Crippen LogP contribution < -0.4 is 0 Å². The van der Waals surface area contributed by atoms with Crippen molar-refractivity contribution in [3.05, 3.63) is 16.1 Å². The molecule has 0 aromatic carbocycles. The molecule has 1 amide bonds. The van der Waals surface area contributed by atoms with E-state index in [-0.39, 0.29) is 12.0 Å². The van der Waals surface area contributed by atoms with Gasteiger partial charge < -0.3 is 9.64 Å². The number of nitrogens with zero attached hydrogens (tertiary/aromatic N) is 2. The molecule has 0 aliphatic carbocycles. The van der Waals surface area contributed by atoms with Crippen LogP contribution in [-0.2, 0) is 11.2 Å². The third kappa shape index (κ3) is 5.06. The van der Waals surface area contributed by atoms with Crippen molar-refractivity contribution in [2.24, 2.45) is 5.92 Å². The van der Waals surface area contributed by atoms with Gasteiger partial charge in [0.1, 0.15) is 5.69 Å². The highest BCUT2D eigenvalue weighted by Crippen LogP contribution is 2.18. The Labute approximate surface area is 137 Å². The molecule has 1 fully saturated rings. The van der Waals surface area contributed by atoms with E-state index in [9.17, 15) is 4.79 Å².